The molecule has 9 heteroatoms. The van der Waals surface area contributed by atoms with Crippen molar-refractivity contribution in [2.24, 2.45) is 0 Å². The van der Waals surface area contributed by atoms with Gasteiger partial charge in [0.2, 0.25) is 0 Å². The molecule has 7 nitrogen and oxygen atoms in total. The van der Waals surface area contributed by atoms with Crippen molar-refractivity contribution in [2.75, 3.05) is 26.4 Å². The van der Waals surface area contributed by atoms with E-state index in [0.29, 0.717) is 43.7 Å². The zero-order chi connectivity index (χ0) is 19.4. The number of nitrogens with one attached hydrogen (secondary N) is 1. The van der Waals surface area contributed by atoms with Crippen LogP contribution in [0.2, 0.25) is 6.04 Å². The van der Waals surface area contributed by atoms with Crippen LogP contribution in [0, 0.1) is 0 Å². The number of amides is 1. The lowest BCUT2D eigenvalue weighted by molar-refractivity contribution is 0.0689. The van der Waals surface area contributed by atoms with Crippen molar-refractivity contribution in [3.8, 4) is 0 Å². The summed E-state index contributed by atoms with van der Waals surface area (Å²) >= 11 is 0.874. The highest BCUT2D eigenvalue weighted by molar-refractivity contribution is 8.13. The van der Waals surface area contributed by atoms with E-state index in [0.717, 1.165) is 11.8 Å². The monoisotopic (exact) mass is 401 g/mol. The smallest absolute Gasteiger partial charge is 0.478 e. The molecule has 0 unspecified atom stereocenters. The summed E-state index contributed by atoms with van der Waals surface area (Å²) < 4.78 is 17.3. The molecule has 1 aromatic carbocycles. The molecule has 0 atom stereocenters. The lowest BCUT2D eigenvalue weighted by Crippen LogP contribution is -2.46. The maximum absolute atomic E-state index is 12.1. The second-order valence-electron chi connectivity index (χ2n) is 5.20. The first kappa shape index (κ1) is 22.6. The third-order valence-corrected chi connectivity index (χ3v) is 7.40. The highest BCUT2D eigenvalue weighted by Gasteiger charge is 2.39. The Kier molecular flexibility index (Phi) is 10.5. The van der Waals surface area contributed by atoms with E-state index in [1.54, 1.807) is 18.2 Å². The predicted octanol–water partition coefficient (Wildman–Crippen LogP) is 3.63. The van der Waals surface area contributed by atoms with Crippen LogP contribution in [0.25, 0.3) is 0 Å². The first-order chi connectivity index (χ1) is 12.5. The Morgan fingerprint density at radius 2 is 1.65 bits per heavy atom. The Hall–Kier alpha value is -1.39. The average Bonchev–Trinajstić information content (AvgIpc) is 2.60. The van der Waals surface area contributed by atoms with Crippen LogP contribution in [-0.2, 0) is 13.3 Å². The molecule has 0 aliphatic heterocycles. The molecule has 0 aromatic heterocycles. The molecule has 0 spiro atoms. The minimum atomic E-state index is -2.70. The van der Waals surface area contributed by atoms with E-state index in [2.05, 4.69) is 5.32 Å². The van der Waals surface area contributed by atoms with Crippen LogP contribution in [0.15, 0.2) is 29.2 Å². The number of hydrogen-bond acceptors (Lipinski definition) is 6. The van der Waals surface area contributed by atoms with Crippen molar-refractivity contribution < 1.29 is 28.0 Å². The summed E-state index contributed by atoms with van der Waals surface area (Å²) in [4.78, 5) is 23.7. The van der Waals surface area contributed by atoms with Gasteiger partial charge >= 0.3 is 14.8 Å². The van der Waals surface area contributed by atoms with Gasteiger partial charge in [0.15, 0.2) is 0 Å². The summed E-state index contributed by atoms with van der Waals surface area (Å²) in [5.41, 5.74) is 0.114. The van der Waals surface area contributed by atoms with Crippen LogP contribution in [-0.4, -0.2) is 51.5 Å². The third-order valence-electron chi connectivity index (χ3n) is 3.34. The molecular formula is C17H27NO6SSi. The Labute approximate surface area is 159 Å². The Balaban J connectivity index is 2.51. The van der Waals surface area contributed by atoms with E-state index in [9.17, 15) is 9.59 Å². The van der Waals surface area contributed by atoms with Gasteiger partial charge in [0.05, 0.1) is 5.56 Å². The number of rotatable bonds is 12. The standard InChI is InChI=1S/C17H27NO6SSi/c1-4-22-26(23-5-2,24-6-3)13-9-12-18-17(21)25-15-11-8-7-10-14(15)16(19)20/h7-8,10-11H,4-6,9,12-13H2,1-3H3,(H,18,21)(H,19,20). The van der Waals surface area contributed by atoms with Gasteiger partial charge in [0.1, 0.15) is 0 Å². The summed E-state index contributed by atoms with van der Waals surface area (Å²) in [7, 11) is -2.70. The van der Waals surface area contributed by atoms with E-state index < -0.39 is 14.8 Å². The van der Waals surface area contributed by atoms with Gasteiger partial charge < -0.3 is 23.7 Å². The second kappa shape index (κ2) is 12.1. The van der Waals surface area contributed by atoms with E-state index in [4.69, 9.17) is 18.4 Å². The number of carboxylic acids is 1. The van der Waals surface area contributed by atoms with Crippen LogP contribution in [0.1, 0.15) is 37.6 Å². The molecule has 1 rings (SSSR count). The fourth-order valence-electron chi connectivity index (χ4n) is 2.36. The maximum atomic E-state index is 12.1. The zero-order valence-electron chi connectivity index (χ0n) is 15.4. The van der Waals surface area contributed by atoms with Crippen molar-refractivity contribution in [3.05, 3.63) is 29.8 Å². The van der Waals surface area contributed by atoms with E-state index in [-0.39, 0.29) is 10.8 Å². The van der Waals surface area contributed by atoms with Gasteiger partial charge in [0, 0.05) is 37.3 Å². The summed E-state index contributed by atoms with van der Waals surface area (Å²) in [5.74, 6) is -1.05. The quantitative estimate of drug-likeness (QED) is 0.314. The molecule has 0 bridgehead atoms. The fraction of sp³-hybridized carbons (Fsp3) is 0.529. The van der Waals surface area contributed by atoms with E-state index >= 15 is 0 Å². The fourth-order valence-corrected chi connectivity index (χ4v) is 5.76. The lowest BCUT2D eigenvalue weighted by atomic mass is 10.2. The van der Waals surface area contributed by atoms with Crippen molar-refractivity contribution >= 4 is 31.8 Å². The minimum Gasteiger partial charge on any atom is -0.478 e. The summed E-state index contributed by atoms with van der Waals surface area (Å²) in [6.07, 6.45) is 0.652. The van der Waals surface area contributed by atoms with Crippen LogP contribution >= 0.6 is 11.8 Å². The summed E-state index contributed by atoms with van der Waals surface area (Å²) in [6, 6.07) is 7.04. The summed E-state index contributed by atoms with van der Waals surface area (Å²) in [5, 5.41) is 11.6. The van der Waals surface area contributed by atoms with Gasteiger partial charge in [-0.2, -0.15) is 0 Å². The lowest BCUT2D eigenvalue weighted by Gasteiger charge is -2.28. The van der Waals surface area contributed by atoms with Gasteiger partial charge in [-0.3, -0.25) is 4.79 Å². The average molecular weight is 402 g/mol. The topological polar surface area (TPSA) is 94.1 Å². The molecule has 1 aromatic rings. The van der Waals surface area contributed by atoms with Gasteiger partial charge in [-0.05, 0) is 51.1 Å². The van der Waals surface area contributed by atoms with Crippen LogP contribution in [0.5, 0.6) is 0 Å². The molecule has 0 aliphatic carbocycles. The van der Waals surface area contributed by atoms with Gasteiger partial charge in [-0.1, -0.05) is 12.1 Å². The van der Waals surface area contributed by atoms with E-state index in [1.165, 1.54) is 6.07 Å². The number of aromatic carboxylic acids is 1. The van der Waals surface area contributed by atoms with Crippen molar-refractivity contribution in [3.63, 3.8) is 0 Å². The van der Waals surface area contributed by atoms with Crippen molar-refractivity contribution in [1.29, 1.82) is 0 Å². The normalized spacial score (nSPS) is 11.3. The van der Waals surface area contributed by atoms with Gasteiger partial charge in [-0.25, -0.2) is 4.79 Å². The first-order valence-electron chi connectivity index (χ1n) is 8.67. The molecular weight excluding hydrogens is 374 g/mol. The predicted molar refractivity (Wildman–Crippen MR) is 103 cm³/mol. The molecule has 1 amide bonds. The van der Waals surface area contributed by atoms with E-state index in [1.807, 2.05) is 20.8 Å². The number of carbonyl (C=O) groups is 2. The molecule has 0 aliphatic rings. The maximum Gasteiger partial charge on any atom is 0.500 e. The van der Waals surface area contributed by atoms with Crippen molar-refractivity contribution in [2.45, 2.75) is 38.1 Å². The van der Waals surface area contributed by atoms with Crippen LogP contribution < -0.4 is 5.32 Å². The molecule has 2 N–H and O–H groups in total. The molecule has 146 valence electrons. The highest BCUT2D eigenvalue weighted by atomic mass is 32.2. The Morgan fingerprint density at radius 3 is 2.19 bits per heavy atom. The third kappa shape index (κ3) is 7.46. The second-order valence-corrected chi connectivity index (χ2v) is 8.95. The molecule has 0 saturated carbocycles. The zero-order valence-corrected chi connectivity index (χ0v) is 17.3. The number of benzene rings is 1. The summed E-state index contributed by atoms with van der Waals surface area (Å²) in [6.45, 7) is 7.68. The number of carbonyl (C=O) groups excluding carboxylic acids is 1. The molecule has 0 saturated heterocycles. The molecule has 0 radical (unpaired) electrons. The van der Waals surface area contributed by atoms with Crippen LogP contribution in [0.3, 0.4) is 0 Å². The Bertz CT molecular complexity index is 569. The molecule has 0 heterocycles. The number of hydrogen-bond donors (Lipinski definition) is 2. The molecule has 0 fully saturated rings. The SMILES string of the molecule is CCO[Si](CCCNC(=O)Sc1ccccc1C(=O)O)(OCC)OCC. The number of thioether (sulfide) groups is 1. The van der Waals surface area contributed by atoms with Crippen molar-refractivity contribution in [1.82, 2.24) is 5.32 Å². The Morgan fingerprint density at radius 1 is 1.08 bits per heavy atom. The highest BCUT2D eigenvalue weighted by Crippen LogP contribution is 2.23. The largest absolute Gasteiger partial charge is 0.500 e. The molecule has 26 heavy (non-hydrogen) atoms. The minimum absolute atomic E-state index is 0.114. The van der Waals surface area contributed by atoms with Gasteiger partial charge in [-0.15, -0.1) is 0 Å². The van der Waals surface area contributed by atoms with Crippen LogP contribution in [0.4, 0.5) is 4.79 Å². The van der Waals surface area contributed by atoms with Gasteiger partial charge in [0.25, 0.3) is 5.24 Å². The first-order valence-corrected chi connectivity index (χ1v) is 11.4. The number of carboxylic acid groups (broad SMARTS) is 1.